The molecule has 0 amide bonds. The molecule has 193 valence electrons. The number of hydrogen-bond donors (Lipinski definition) is 1. The van der Waals surface area contributed by atoms with Crippen LogP contribution in [0.1, 0.15) is 30.5 Å². The molecule has 1 aromatic heterocycles. The first kappa shape index (κ1) is 23.0. The number of aryl methyl sites for hydroxylation is 1. The molecule has 0 saturated carbocycles. The number of rotatable bonds is 1. The van der Waals surface area contributed by atoms with Crippen LogP contribution < -0.4 is 15.8 Å². The zero-order valence-electron chi connectivity index (χ0n) is 23.4. The normalized spacial score (nSPS) is 14.6. The molecule has 0 aliphatic carbocycles. The number of nitrogens with zero attached hydrogens (tertiary/aromatic N) is 1. The second-order valence-corrected chi connectivity index (χ2v) is 12.2. The Bertz CT molecular complexity index is 2240. The van der Waals surface area contributed by atoms with Gasteiger partial charge < -0.3 is 9.88 Å². The van der Waals surface area contributed by atoms with Crippen molar-refractivity contribution in [2.75, 3.05) is 4.90 Å². The van der Waals surface area contributed by atoms with Crippen molar-refractivity contribution in [1.29, 1.82) is 0 Å². The third-order valence-corrected chi connectivity index (χ3v) is 9.45. The summed E-state index contributed by atoms with van der Waals surface area (Å²) in [5.74, 6) is 0. The van der Waals surface area contributed by atoms with E-state index >= 15 is 0 Å². The van der Waals surface area contributed by atoms with E-state index in [1.165, 1.54) is 88.4 Å². The molecule has 2 aliphatic rings. The molecule has 0 fully saturated rings. The molecule has 0 bridgehead atoms. The minimum atomic E-state index is -0.0742. The number of H-pyrrole nitrogens is 1. The Morgan fingerprint density at radius 1 is 0.634 bits per heavy atom. The van der Waals surface area contributed by atoms with Gasteiger partial charge in [0.2, 0.25) is 0 Å². The van der Waals surface area contributed by atoms with Crippen molar-refractivity contribution >= 4 is 67.8 Å². The summed E-state index contributed by atoms with van der Waals surface area (Å²) >= 11 is 0. The molecule has 1 N–H and O–H groups in total. The lowest BCUT2D eigenvalue weighted by molar-refractivity contribution is 0.632. The van der Waals surface area contributed by atoms with Crippen LogP contribution in [0.3, 0.4) is 0 Å². The monoisotopic (exact) mass is 523 g/mol. The fourth-order valence-corrected chi connectivity index (χ4v) is 7.53. The molecule has 2 aliphatic heterocycles. The van der Waals surface area contributed by atoms with Crippen molar-refractivity contribution in [2.24, 2.45) is 0 Å². The highest BCUT2D eigenvalue weighted by atomic mass is 15.2. The molecule has 3 heterocycles. The predicted molar refractivity (Wildman–Crippen MR) is 175 cm³/mol. The first-order chi connectivity index (χ1) is 20.0. The van der Waals surface area contributed by atoms with Gasteiger partial charge in [0.05, 0.1) is 16.7 Å². The fourth-order valence-electron chi connectivity index (χ4n) is 7.53. The maximum Gasteiger partial charge on any atom is 0.197 e. The van der Waals surface area contributed by atoms with Gasteiger partial charge in [-0.3, -0.25) is 0 Å². The van der Waals surface area contributed by atoms with Gasteiger partial charge in [0.1, 0.15) is 0 Å². The summed E-state index contributed by atoms with van der Waals surface area (Å²) in [6.45, 7) is 6.94. The van der Waals surface area contributed by atoms with Crippen LogP contribution in [-0.2, 0) is 5.41 Å². The summed E-state index contributed by atoms with van der Waals surface area (Å²) in [6, 6.07) is 40.4. The summed E-state index contributed by atoms with van der Waals surface area (Å²) in [5, 5.41) is 5.06. The Morgan fingerprint density at radius 3 is 2.32 bits per heavy atom. The Hall–Kier alpha value is -4.76. The molecular weight excluding hydrogens is 495 g/mol. The van der Waals surface area contributed by atoms with Gasteiger partial charge in [0.25, 0.3) is 0 Å². The van der Waals surface area contributed by atoms with Gasteiger partial charge in [0, 0.05) is 38.5 Å². The maximum absolute atomic E-state index is 3.88. The zero-order valence-corrected chi connectivity index (χ0v) is 23.4. The van der Waals surface area contributed by atoms with Crippen LogP contribution in [-0.4, -0.2) is 12.3 Å². The molecule has 0 atom stereocenters. The molecule has 0 spiro atoms. The number of nitrogens with one attached hydrogen (secondary N) is 1. The minimum Gasteiger partial charge on any atom is -0.353 e. The zero-order chi connectivity index (χ0) is 27.5. The van der Waals surface area contributed by atoms with Crippen LogP contribution in [0.2, 0.25) is 0 Å². The SMILES string of the molecule is Cc1cc(-c2cccc3c2[nH]c2c4ccccc4ccc32)c2c(c1)N1c3ccccc3C(C)(C)c3cccc(c31)[B]2. The van der Waals surface area contributed by atoms with Crippen molar-refractivity contribution in [3.05, 3.63) is 126 Å². The summed E-state index contributed by atoms with van der Waals surface area (Å²) in [6.07, 6.45) is 0. The van der Waals surface area contributed by atoms with Crippen LogP contribution in [0.4, 0.5) is 17.1 Å². The number of para-hydroxylation sites is 3. The highest BCUT2D eigenvalue weighted by Gasteiger charge is 2.40. The summed E-state index contributed by atoms with van der Waals surface area (Å²) in [5.41, 5.74) is 15.2. The second kappa shape index (κ2) is 7.92. The van der Waals surface area contributed by atoms with E-state index in [0.29, 0.717) is 0 Å². The molecular formula is C38H28BN2. The summed E-state index contributed by atoms with van der Waals surface area (Å²) in [7, 11) is 2.42. The molecule has 0 saturated heterocycles. The van der Waals surface area contributed by atoms with Crippen molar-refractivity contribution < 1.29 is 0 Å². The predicted octanol–water partition coefficient (Wildman–Crippen LogP) is 8.53. The molecule has 41 heavy (non-hydrogen) atoms. The Kier molecular flexibility index (Phi) is 4.44. The quantitative estimate of drug-likeness (QED) is 0.214. The number of anilines is 3. The first-order valence-corrected chi connectivity index (χ1v) is 14.5. The molecule has 9 rings (SSSR count). The van der Waals surface area contributed by atoms with E-state index in [1.54, 1.807) is 0 Å². The van der Waals surface area contributed by atoms with E-state index in [0.717, 1.165) is 0 Å². The first-order valence-electron chi connectivity index (χ1n) is 14.5. The van der Waals surface area contributed by atoms with E-state index < -0.39 is 0 Å². The van der Waals surface area contributed by atoms with E-state index in [-0.39, 0.29) is 5.41 Å². The van der Waals surface area contributed by atoms with Crippen molar-refractivity contribution in [3.8, 4) is 11.1 Å². The summed E-state index contributed by atoms with van der Waals surface area (Å²) in [4.78, 5) is 6.40. The minimum absolute atomic E-state index is 0.0742. The van der Waals surface area contributed by atoms with Crippen molar-refractivity contribution in [1.82, 2.24) is 4.98 Å². The van der Waals surface area contributed by atoms with Gasteiger partial charge in [-0.2, -0.15) is 0 Å². The molecule has 7 aromatic rings. The average molecular weight is 523 g/mol. The topological polar surface area (TPSA) is 19.0 Å². The van der Waals surface area contributed by atoms with Gasteiger partial charge in [0.15, 0.2) is 7.28 Å². The Balaban J connectivity index is 1.35. The lowest BCUT2D eigenvalue weighted by Gasteiger charge is -2.46. The largest absolute Gasteiger partial charge is 0.353 e. The summed E-state index contributed by atoms with van der Waals surface area (Å²) < 4.78 is 0. The second-order valence-electron chi connectivity index (χ2n) is 12.2. The number of aromatic nitrogens is 1. The third kappa shape index (κ3) is 2.98. The Labute approximate surface area is 240 Å². The lowest BCUT2D eigenvalue weighted by atomic mass is 9.56. The van der Waals surface area contributed by atoms with Gasteiger partial charge in [-0.1, -0.05) is 116 Å². The van der Waals surface area contributed by atoms with Crippen molar-refractivity contribution in [3.63, 3.8) is 0 Å². The fraction of sp³-hybridized carbons (Fsp3) is 0.105. The number of benzene rings is 6. The van der Waals surface area contributed by atoms with Crippen molar-refractivity contribution in [2.45, 2.75) is 26.2 Å². The van der Waals surface area contributed by atoms with Gasteiger partial charge in [-0.05, 0) is 52.2 Å². The van der Waals surface area contributed by atoms with Crippen LogP contribution >= 0.6 is 0 Å². The van der Waals surface area contributed by atoms with Crippen LogP contribution in [0.25, 0.3) is 43.7 Å². The van der Waals surface area contributed by atoms with E-state index in [4.69, 9.17) is 0 Å². The van der Waals surface area contributed by atoms with E-state index in [2.05, 4.69) is 147 Å². The molecule has 2 nitrogen and oxygen atoms in total. The van der Waals surface area contributed by atoms with Gasteiger partial charge in [-0.25, -0.2) is 0 Å². The highest BCUT2D eigenvalue weighted by molar-refractivity contribution is 6.73. The third-order valence-electron chi connectivity index (χ3n) is 9.45. The number of aromatic amines is 1. The molecule has 1 radical (unpaired) electrons. The lowest BCUT2D eigenvalue weighted by Crippen LogP contribution is -2.45. The van der Waals surface area contributed by atoms with E-state index in [9.17, 15) is 0 Å². The highest BCUT2D eigenvalue weighted by Crippen LogP contribution is 2.52. The van der Waals surface area contributed by atoms with Crippen LogP contribution in [0.15, 0.2) is 109 Å². The molecule has 0 unspecified atom stereocenters. The average Bonchev–Trinajstić information content (AvgIpc) is 3.38. The van der Waals surface area contributed by atoms with Crippen LogP contribution in [0.5, 0.6) is 0 Å². The molecule has 3 heteroatoms. The molecule has 6 aromatic carbocycles. The smallest absolute Gasteiger partial charge is 0.197 e. The van der Waals surface area contributed by atoms with Gasteiger partial charge >= 0.3 is 0 Å². The standard InChI is InChI=1S/C38H28BN2/c1-22-20-28(26-13-8-12-25-27-19-18-23-10-4-5-11-24(23)35(27)40-36(25)26)34-33(21-22)41-32-17-7-6-14-29(32)38(2,3)30-15-9-16-31(39-34)37(30)41/h4-21,40H,1-3H3. The number of hydrogen-bond acceptors (Lipinski definition) is 1. The maximum atomic E-state index is 3.88. The number of fused-ring (bicyclic) bond motifs is 9. The Morgan fingerprint density at radius 2 is 1.39 bits per heavy atom. The van der Waals surface area contributed by atoms with Gasteiger partial charge in [-0.15, -0.1) is 0 Å². The van der Waals surface area contributed by atoms with Crippen LogP contribution in [0, 0.1) is 6.92 Å². The van der Waals surface area contributed by atoms with E-state index in [1.807, 2.05) is 0 Å².